The second-order valence-corrected chi connectivity index (χ2v) is 11.1. The fourth-order valence-electron chi connectivity index (χ4n) is 5.63. The number of nitrogens with one attached hydrogen (secondary N) is 2. The Morgan fingerprint density at radius 1 is 1.24 bits per heavy atom. The van der Waals surface area contributed by atoms with Crippen LogP contribution in [0, 0.1) is 11.6 Å². The van der Waals surface area contributed by atoms with E-state index in [1.807, 2.05) is 0 Å². The summed E-state index contributed by atoms with van der Waals surface area (Å²) in [6.07, 6.45) is -3.15. The predicted octanol–water partition coefficient (Wildman–Crippen LogP) is 2.90. The van der Waals surface area contributed by atoms with Gasteiger partial charge in [0.2, 0.25) is 5.95 Å². The van der Waals surface area contributed by atoms with E-state index >= 15 is 4.39 Å². The number of rotatable bonds is 8. The minimum absolute atomic E-state index is 0.0583. The number of anilines is 3. The molecule has 0 spiro atoms. The minimum Gasteiger partial charge on any atom is -0.488 e. The summed E-state index contributed by atoms with van der Waals surface area (Å²) in [7, 11) is 1.27. The van der Waals surface area contributed by atoms with Crippen molar-refractivity contribution in [1.29, 1.82) is 0 Å². The first-order chi connectivity index (χ1) is 19.7. The lowest BCUT2D eigenvalue weighted by molar-refractivity contribution is -0.210. The quantitative estimate of drug-likeness (QED) is 0.332. The average Bonchev–Trinajstić information content (AvgIpc) is 3.52. The van der Waals surface area contributed by atoms with Crippen LogP contribution in [0.4, 0.5) is 39.4 Å². The summed E-state index contributed by atoms with van der Waals surface area (Å²) in [5, 5.41) is 22.1. The van der Waals surface area contributed by atoms with Crippen LogP contribution in [0.2, 0.25) is 0 Å². The van der Waals surface area contributed by atoms with Crippen molar-refractivity contribution in [3.05, 3.63) is 40.4 Å². The minimum atomic E-state index is -4.98. The highest BCUT2D eigenvalue weighted by atomic mass is 19.4. The predicted molar refractivity (Wildman–Crippen MR) is 140 cm³/mol. The number of benzene rings is 1. The van der Waals surface area contributed by atoms with Gasteiger partial charge in [0.05, 0.1) is 11.9 Å². The summed E-state index contributed by atoms with van der Waals surface area (Å²) in [5.74, 6) is -2.41. The first kappa shape index (κ1) is 29.6. The van der Waals surface area contributed by atoms with Gasteiger partial charge in [0.15, 0.2) is 23.6 Å². The fourth-order valence-corrected chi connectivity index (χ4v) is 5.63. The molecular weight excluding hydrogens is 569 g/mol. The third kappa shape index (κ3) is 6.01. The lowest BCUT2D eigenvalue weighted by Gasteiger charge is -2.47. The molecular formula is C25H30F5N9O3. The molecule has 2 saturated heterocycles. The summed E-state index contributed by atoms with van der Waals surface area (Å²) in [6.45, 7) is 4.09. The van der Waals surface area contributed by atoms with Crippen molar-refractivity contribution in [3.8, 4) is 11.4 Å². The van der Waals surface area contributed by atoms with E-state index in [2.05, 4.69) is 49.7 Å². The molecule has 0 aliphatic carbocycles. The van der Waals surface area contributed by atoms with Gasteiger partial charge in [-0.05, 0) is 57.4 Å². The summed E-state index contributed by atoms with van der Waals surface area (Å²) >= 11 is 0. The number of nitrogens with zero attached hydrogens (tertiary/aromatic N) is 7. The standard InChI is InChI=1S/C25H30F5N9O3/c1-24(2)10-13(7-14-5-4-6-38(14)24)32-21-16(27)11-31-22(34-21)33-17-9-18(39-36-35-23(41)37(39)3)19(8-15(17)26)42-12-20(40)25(28,29)30/h8-9,11,13-14,20,40H,4-7,10,12H2,1-3H3,(H2,31,32,33,34)/t13-,14+,20?/m1/s1. The Hall–Kier alpha value is -3.86. The molecule has 3 N–H and O–H groups in total. The van der Waals surface area contributed by atoms with E-state index in [4.69, 9.17) is 4.74 Å². The van der Waals surface area contributed by atoms with Crippen LogP contribution in [0.1, 0.15) is 39.5 Å². The SMILES string of the molecule is Cn1c(=O)nnn1-c1cc(Nc2ncc(F)c(N[C@@H]3C[C@@H]4CCCN4C(C)(C)C3)n2)c(F)cc1OCC(O)C(F)(F)F. The molecule has 2 fully saturated rings. The number of aromatic nitrogens is 6. The van der Waals surface area contributed by atoms with E-state index in [0.29, 0.717) is 6.04 Å². The van der Waals surface area contributed by atoms with Crippen LogP contribution < -0.4 is 21.1 Å². The number of aliphatic hydroxyl groups excluding tert-OH is 1. The van der Waals surface area contributed by atoms with Crippen molar-refractivity contribution < 1.29 is 31.8 Å². The van der Waals surface area contributed by atoms with Gasteiger partial charge in [0.25, 0.3) is 0 Å². The highest BCUT2D eigenvalue weighted by molar-refractivity contribution is 5.63. The third-order valence-electron chi connectivity index (χ3n) is 7.60. The normalized spacial score (nSPS) is 21.2. The molecule has 5 rings (SSSR count). The highest BCUT2D eigenvalue weighted by Gasteiger charge is 2.43. The van der Waals surface area contributed by atoms with Crippen molar-refractivity contribution in [1.82, 2.24) is 34.7 Å². The highest BCUT2D eigenvalue weighted by Crippen LogP contribution is 2.39. The van der Waals surface area contributed by atoms with Crippen LogP contribution in [-0.4, -0.2) is 82.8 Å². The summed E-state index contributed by atoms with van der Waals surface area (Å²) in [4.78, 5) is 23.3. The van der Waals surface area contributed by atoms with Crippen molar-refractivity contribution in [2.75, 3.05) is 23.8 Å². The van der Waals surface area contributed by atoms with Crippen LogP contribution in [0.15, 0.2) is 23.1 Å². The van der Waals surface area contributed by atoms with E-state index in [1.165, 1.54) is 7.05 Å². The first-order valence-electron chi connectivity index (χ1n) is 13.3. The molecule has 228 valence electrons. The summed E-state index contributed by atoms with van der Waals surface area (Å²) in [6, 6.07) is 2.15. The van der Waals surface area contributed by atoms with Gasteiger partial charge in [-0.1, -0.05) is 5.10 Å². The maximum absolute atomic E-state index is 15.2. The maximum atomic E-state index is 15.2. The van der Waals surface area contributed by atoms with Gasteiger partial charge in [-0.15, -0.1) is 4.80 Å². The lowest BCUT2D eigenvalue weighted by Crippen LogP contribution is -2.55. The van der Waals surface area contributed by atoms with Crippen LogP contribution >= 0.6 is 0 Å². The monoisotopic (exact) mass is 599 g/mol. The van der Waals surface area contributed by atoms with E-state index in [1.54, 1.807) is 0 Å². The van der Waals surface area contributed by atoms with Crippen LogP contribution in [0.3, 0.4) is 0 Å². The van der Waals surface area contributed by atoms with Crippen molar-refractivity contribution in [3.63, 3.8) is 0 Å². The third-order valence-corrected chi connectivity index (χ3v) is 7.60. The molecule has 1 unspecified atom stereocenters. The second kappa shape index (κ2) is 11.1. The number of halogens is 5. The van der Waals surface area contributed by atoms with E-state index in [-0.39, 0.29) is 34.7 Å². The molecule has 17 heteroatoms. The Morgan fingerprint density at radius 3 is 2.69 bits per heavy atom. The van der Waals surface area contributed by atoms with Crippen molar-refractivity contribution in [2.45, 2.75) is 69.4 Å². The molecule has 0 radical (unpaired) electrons. The van der Waals surface area contributed by atoms with E-state index in [0.717, 1.165) is 60.0 Å². The number of fused-ring (bicyclic) bond motifs is 1. The summed E-state index contributed by atoms with van der Waals surface area (Å²) < 4.78 is 74.3. The molecule has 0 amide bonds. The molecule has 3 aromatic rings. The van der Waals surface area contributed by atoms with Gasteiger partial charge in [-0.2, -0.15) is 18.2 Å². The van der Waals surface area contributed by atoms with Crippen molar-refractivity contribution >= 4 is 17.5 Å². The van der Waals surface area contributed by atoms with E-state index in [9.17, 15) is 27.5 Å². The summed E-state index contributed by atoms with van der Waals surface area (Å²) in [5.41, 5.74) is -1.35. The van der Waals surface area contributed by atoms with Gasteiger partial charge in [0.1, 0.15) is 18.0 Å². The number of tetrazole rings is 1. The zero-order chi connectivity index (χ0) is 30.4. The topological polar surface area (TPSA) is 135 Å². The number of hydrogen-bond acceptors (Lipinski definition) is 10. The zero-order valence-electron chi connectivity index (χ0n) is 23.0. The molecule has 42 heavy (non-hydrogen) atoms. The molecule has 4 heterocycles. The number of alkyl halides is 3. The molecule has 1 aromatic carbocycles. The maximum Gasteiger partial charge on any atom is 0.417 e. The van der Waals surface area contributed by atoms with Gasteiger partial charge in [-0.3, -0.25) is 4.90 Å². The molecule has 0 saturated carbocycles. The fraction of sp³-hybridized carbons (Fsp3) is 0.560. The molecule has 0 bridgehead atoms. The zero-order valence-corrected chi connectivity index (χ0v) is 23.0. The Bertz CT molecular complexity index is 1510. The van der Waals surface area contributed by atoms with Gasteiger partial charge < -0.3 is 20.5 Å². The van der Waals surface area contributed by atoms with Crippen LogP contribution in [-0.2, 0) is 7.05 Å². The number of piperidine rings is 1. The molecule has 3 atom stereocenters. The Kier molecular flexibility index (Phi) is 7.82. The second-order valence-electron chi connectivity index (χ2n) is 11.1. The Balaban J connectivity index is 1.41. The molecule has 12 nitrogen and oxygen atoms in total. The molecule has 2 aliphatic heterocycles. The number of ether oxygens (including phenoxy) is 1. The van der Waals surface area contributed by atoms with E-state index < -0.39 is 42.0 Å². The largest absolute Gasteiger partial charge is 0.488 e. The number of aliphatic hydroxyl groups is 1. The van der Waals surface area contributed by atoms with Crippen LogP contribution in [0.5, 0.6) is 5.75 Å². The lowest BCUT2D eigenvalue weighted by atomic mass is 9.84. The average molecular weight is 600 g/mol. The Labute approximate surface area is 236 Å². The smallest absolute Gasteiger partial charge is 0.417 e. The van der Waals surface area contributed by atoms with Crippen molar-refractivity contribution in [2.24, 2.45) is 7.05 Å². The number of hydrogen-bond donors (Lipinski definition) is 3. The first-order valence-corrected chi connectivity index (χ1v) is 13.3. The van der Waals surface area contributed by atoms with Crippen LogP contribution in [0.25, 0.3) is 5.69 Å². The van der Waals surface area contributed by atoms with Gasteiger partial charge >= 0.3 is 11.9 Å². The Morgan fingerprint density at radius 2 is 2.00 bits per heavy atom. The molecule has 2 aromatic heterocycles. The van der Waals surface area contributed by atoms with Gasteiger partial charge in [0, 0.05) is 30.7 Å². The van der Waals surface area contributed by atoms with Gasteiger partial charge in [-0.25, -0.2) is 23.2 Å². The molecule has 2 aliphatic rings.